The van der Waals surface area contributed by atoms with Crippen molar-refractivity contribution in [2.75, 3.05) is 80.3 Å². The number of rotatable bonds is 21. The van der Waals surface area contributed by atoms with Crippen LogP contribution in [0.3, 0.4) is 0 Å². The second-order valence-electron chi connectivity index (χ2n) is 19.6. The number of amidine groups is 1. The second-order valence-corrected chi connectivity index (χ2v) is 19.6. The third-order valence-electron chi connectivity index (χ3n) is 13.6. The summed E-state index contributed by atoms with van der Waals surface area (Å²) < 4.78 is 90.7. The van der Waals surface area contributed by atoms with E-state index in [1.54, 1.807) is 20.9 Å². The van der Waals surface area contributed by atoms with Gasteiger partial charge in [-0.15, -0.1) is 0 Å². The van der Waals surface area contributed by atoms with Crippen LogP contribution in [0.1, 0.15) is 68.3 Å². The Morgan fingerprint density at radius 1 is 0.896 bits per heavy atom. The molecule has 6 N–H and O–H groups in total. The molecule has 0 aromatic carbocycles. The molecule has 5 aromatic rings. The molecule has 0 spiro atoms. The van der Waals surface area contributed by atoms with Gasteiger partial charge in [0.25, 0.3) is 11.8 Å². The second kappa shape index (κ2) is 22.8. The molecule has 0 bridgehead atoms. The van der Waals surface area contributed by atoms with Crippen LogP contribution in [0.4, 0.5) is 49.5 Å². The van der Waals surface area contributed by atoms with E-state index >= 15 is 0 Å². The zero-order chi connectivity index (χ0) is 56.2. The lowest BCUT2D eigenvalue weighted by Crippen LogP contribution is -2.50. The summed E-state index contributed by atoms with van der Waals surface area (Å²) >= 11 is 0. The maximum absolute atomic E-state index is 14.4. The average Bonchev–Trinajstić information content (AvgIpc) is 4.21. The normalized spacial score (nSPS) is 17.9. The van der Waals surface area contributed by atoms with Crippen LogP contribution in [-0.2, 0) is 23.2 Å². The third kappa shape index (κ3) is 13.3. The van der Waals surface area contributed by atoms with E-state index in [0.29, 0.717) is 6.54 Å². The monoisotopic (exact) mass is 1080 g/mol. The van der Waals surface area contributed by atoms with Crippen molar-refractivity contribution in [1.29, 1.82) is 5.41 Å². The number of aliphatic imine (C=N–C) groups is 1. The molecule has 2 fully saturated rings. The minimum Gasteiger partial charge on any atom is -0.444 e. The Bertz CT molecular complexity index is 3000. The maximum atomic E-state index is 14.4. The molecular formula is C49H60F6N16O6. The Morgan fingerprint density at radius 2 is 1.51 bits per heavy atom. The summed E-state index contributed by atoms with van der Waals surface area (Å²) in [4.78, 5) is 81.5. The molecule has 3 atom stereocenters. The van der Waals surface area contributed by atoms with Crippen molar-refractivity contribution < 1.29 is 54.4 Å². The quantitative estimate of drug-likeness (QED) is 0.0275. The average molecular weight is 1080 g/mol. The molecule has 0 aliphatic carbocycles. The summed E-state index contributed by atoms with van der Waals surface area (Å²) in [6.07, 6.45) is -2.66. The number of oxazole rings is 2. The summed E-state index contributed by atoms with van der Waals surface area (Å²) in [5.74, 6) is -3.31. The highest BCUT2D eigenvalue weighted by atomic mass is 19.4. The fourth-order valence-electron chi connectivity index (χ4n) is 8.90. The predicted molar refractivity (Wildman–Crippen MR) is 271 cm³/mol. The van der Waals surface area contributed by atoms with Crippen molar-refractivity contribution in [2.24, 2.45) is 34.7 Å². The first-order valence-electron chi connectivity index (χ1n) is 24.5. The van der Waals surface area contributed by atoms with E-state index in [1.165, 1.54) is 70.6 Å². The van der Waals surface area contributed by atoms with Crippen molar-refractivity contribution >= 4 is 58.8 Å². The third-order valence-corrected chi connectivity index (χ3v) is 13.6. The van der Waals surface area contributed by atoms with E-state index in [4.69, 9.17) is 8.83 Å². The highest BCUT2D eigenvalue weighted by Crippen LogP contribution is 2.41. The highest BCUT2D eigenvalue weighted by molar-refractivity contribution is 6.12. The number of aryl methyl sites for hydroxylation is 1. The number of halogens is 6. The van der Waals surface area contributed by atoms with Crippen LogP contribution >= 0.6 is 0 Å². The number of carbonyl (C=O) groups is 4. The smallest absolute Gasteiger partial charge is 0.405 e. The SMILES string of the molecule is CCN(CC)CC1CN(C(=N)C(C=NC)NC(=O)c2nc(-c3ccnc(NCC(F)(F)F)c3)oc2CNCC2CN(c3nn(C)cc3NC(=O)c3coc(-c4ccnc(NCC(F)(F)F)c4)n3)C(=O)C2(C)C)C(=O)C1(C)C. The Morgan fingerprint density at radius 3 is 2.10 bits per heavy atom. The number of likely N-dealkylation sites (tertiary alicyclic amines) is 1. The van der Waals surface area contributed by atoms with Gasteiger partial charge in [-0.1, -0.05) is 41.5 Å². The van der Waals surface area contributed by atoms with Gasteiger partial charge >= 0.3 is 12.4 Å². The number of hydrogen-bond donors (Lipinski definition) is 6. The van der Waals surface area contributed by atoms with Gasteiger partial charge in [0.1, 0.15) is 48.6 Å². The van der Waals surface area contributed by atoms with Gasteiger partial charge in [-0.25, -0.2) is 19.9 Å². The molecule has 7 rings (SSSR count). The Kier molecular flexibility index (Phi) is 16.9. The molecule has 28 heteroatoms. The Labute approximate surface area is 438 Å². The Balaban J connectivity index is 1.08. The van der Waals surface area contributed by atoms with Crippen molar-refractivity contribution in [2.45, 2.75) is 66.5 Å². The fraction of sp³-hybridized carbons (Fsp3) is 0.490. The van der Waals surface area contributed by atoms with Crippen LogP contribution < -0.4 is 31.5 Å². The van der Waals surface area contributed by atoms with Crippen molar-refractivity contribution in [3.8, 4) is 22.9 Å². The van der Waals surface area contributed by atoms with Crippen LogP contribution in [0.2, 0.25) is 0 Å². The molecule has 0 saturated carbocycles. The predicted octanol–water partition coefficient (Wildman–Crippen LogP) is 6.10. The molecule has 414 valence electrons. The van der Waals surface area contributed by atoms with Gasteiger partial charge < -0.3 is 40.3 Å². The van der Waals surface area contributed by atoms with Gasteiger partial charge in [0.2, 0.25) is 23.6 Å². The number of aromatic nitrogens is 6. The summed E-state index contributed by atoms with van der Waals surface area (Å²) in [6, 6.07) is 4.23. The number of hydrogen-bond acceptors (Lipinski definition) is 17. The minimum atomic E-state index is -4.55. The van der Waals surface area contributed by atoms with Gasteiger partial charge in [0.05, 0.1) is 12.7 Å². The first kappa shape index (κ1) is 57.0. The van der Waals surface area contributed by atoms with Crippen LogP contribution in [0.25, 0.3) is 22.9 Å². The van der Waals surface area contributed by atoms with Gasteiger partial charge in [-0.05, 0) is 37.4 Å². The van der Waals surface area contributed by atoms with Crippen molar-refractivity contribution in [1.82, 2.24) is 50.1 Å². The molecule has 2 saturated heterocycles. The summed E-state index contributed by atoms with van der Waals surface area (Å²) in [5, 5.41) is 26.8. The molecule has 4 amide bonds. The number of nitrogens with one attached hydrogen (secondary N) is 6. The zero-order valence-corrected chi connectivity index (χ0v) is 43.5. The van der Waals surface area contributed by atoms with E-state index in [-0.39, 0.29) is 113 Å². The molecule has 77 heavy (non-hydrogen) atoms. The molecule has 7 heterocycles. The maximum Gasteiger partial charge on any atom is 0.405 e. The minimum absolute atomic E-state index is 0.0114. The van der Waals surface area contributed by atoms with Gasteiger partial charge in [0, 0.05) is 92.7 Å². The number of carbonyl (C=O) groups excluding carboxylic acids is 4. The first-order chi connectivity index (χ1) is 36.2. The van der Waals surface area contributed by atoms with Crippen LogP contribution in [-0.4, -0.2) is 153 Å². The molecule has 0 radical (unpaired) electrons. The fourth-order valence-corrected chi connectivity index (χ4v) is 8.90. The molecular weight excluding hydrogens is 1020 g/mol. The van der Waals surface area contributed by atoms with Gasteiger partial charge in [0.15, 0.2) is 23.0 Å². The van der Waals surface area contributed by atoms with Crippen molar-refractivity contribution in [3.63, 3.8) is 0 Å². The lowest BCUT2D eigenvalue weighted by molar-refractivity contribution is -0.132. The number of pyridine rings is 2. The lowest BCUT2D eigenvalue weighted by Gasteiger charge is -2.28. The van der Waals surface area contributed by atoms with E-state index in [1.807, 2.05) is 27.7 Å². The Hall–Kier alpha value is -7.75. The lowest BCUT2D eigenvalue weighted by atomic mass is 9.81. The summed E-state index contributed by atoms with van der Waals surface area (Å²) in [7, 11) is 3.04. The molecule has 2 aliphatic rings. The van der Waals surface area contributed by atoms with E-state index < -0.39 is 60.0 Å². The molecule has 3 unspecified atom stereocenters. The molecule has 2 aliphatic heterocycles. The van der Waals surface area contributed by atoms with Gasteiger partial charge in [-0.2, -0.15) is 31.4 Å². The van der Waals surface area contributed by atoms with Crippen LogP contribution in [0.5, 0.6) is 0 Å². The van der Waals surface area contributed by atoms with E-state index in [9.17, 15) is 50.9 Å². The van der Waals surface area contributed by atoms with Gasteiger partial charge in [-0.3, -0.25) is 44.1 Å². The van der Waals surface area contributed by atoms with E-state index in [0.717, 1.165) is 19.4 Å². The number of nitrogens with zero attached hydrogens (tertiary/aromatic N) is 10. The standard InChI is InChI=1S/C49H60F6N16O6/c1-9-69(10-2)20-30-22-70(44(74)47(30,5)6)38(56)31(18-57-7)63-41(73)37-34(77-43(66-37)28-12-14-60-36(16-28)62-26-49(53,54)55)19-58-17-29-21-71(45(75)46(29,3)4)39-32(23-68(8)67-39)64-40(72)33-24-76-42(65-33)27-11-13-59-35(15-27)61-25-48(50,51)52/h11-16,18,23-24,29-31,56,58H,9-10,17,19-22,25-26H2,1-8H3,(H,59,61)(H,60,62)(H,63,73)(H,64,72). The number of alkyl halides is 6. The van der Waals surface area contributed by atoms with E-state index in [2.05, 4.69) is 61.5 Å². The molecule has 5 aromatic heterocycles. The topological polar surface area (TPSA) is 270 Å². The van der Waals surface area contributed by atoms with Crippen molar-refractivity contribution in [3.05, 3.63) is 66.3 Å². The van der Waals surface area contributed by atoms with Crippen LogP contribution in [0, 0.1) is 28.1 Å². The summed E-state index contributed by atoms with van der Waals surface area (Å²) in [6.45, 7) is 11.0. The number of anilines is 4. The van der Waals surface area contributed by atoms with Crippen LogP contribution in [0.15, 0.2) is 62.9 Å². The highest BCUT2D eigenvalue weighted by Gasteiger charge is 2.50. The first-order valence-corrected chi connectivity index (χ1v) is 24.5. The largest absolute Gasteiger partial charge is 0.444 e. The molecule has 22 nitrogen and oxygen atoms in total. The summed E-state index contributed by atoms with van der Waals surface area (Å²) in [5.41, 5.74) is -1.71. The number of amides is 4. The zero-order valence-electron chi connectivity index (χ0n) is 43.5.